The molecular formula is C18H18N2O3S. The van der Waals surface area contributed by atoms with Crippen LogP contribution in [0.15, 0.2) is 48.5 Å². The van der Waals surface area contributed by atoms with E-state index < -0.39 is 5.97 Å². The molecule has 24 heavy (non-hydrogen) atoms. The van der Waals surface area contributed by atoms with Crippen LogP contribution in [0.1, 0.15) is 28.4 Å². The molecule has 124 valence electrons. The van der Waals surface area contributed by atoms with Crippen molar-refractivity contribution >= 4 is 34.9 Å². The van der Waals surface area contributed by atoms with Crippen molar-refractivity contribution in [1.29, 1.82) is 0 Å². The first-order valence-corrected chi connectivity index (χ1v) is 7.90. The van der Waals surface area contributed by atoms with Gasteiger partial charge in [0.15, 0.2) is 5.11 Å². The van der Waals surface area contributed by atoms with Gasteiger partial charge < -0.3 is 10.4 Å². The molecule has 0 aliphatic rings. The molecule has 0 saturated carbocycles. The summed E-state index contributed by atoms with van der Waals surface area (Å²) < 4.78 is 0. The monoisotopic (exact) mass is 342 g/mol. The fraction of sp³-hybridized carbons (Fsp3) is 0.167. The number of carbonyl (C=O) groups is 2. The number of aliphatic carboxylic acids is 1. The van der Waals surface area contributed by atoms with Crippen molar-refractivity contribution in [2.75, 3.05) is 5.32 Å². The van der Waals surface area contributed by atoms with Crippen LogP contribution in [-0.4, -0.2) is 22.1 Å². The largest absolute Gasteiger partial charge is 0.481 e. The number of anilines is 1. The summed E-state index contributed by atoms with van der Waals surface area (Å²) in [6.07, 6.45) is 0.884. The number of nitrogens with one attached hydrogen (secondary N) is 2. The minimum absolute atomic E-state index is 0.0325. The summed E-state index contributed by atoms with van der Waals surface area (Å²) in [6.45, 7) is 2.05. The zero-order valence-corrected chi connectivity index (χ0v) is 14.0. The fourth-order valence-electron chi connectivity index (χ4n) is 2.11. The third-order valence-corrected chi connectivity index (χ3v) is 3.62. The van der Waals surface area contributed by atoms with Gasteiger partial charge in [0.25, 0.3) is 5.91 Å². The smallest absolute Gasteiger partial charge is 0.307 e. The van der Waals surface area contributed by atoms with Crippen molar-refractivity contribution in [1.82, 2.24) is 5.32 Å². The van der Waals surface area contributed by atoms with Crippen LogP contribution < -0.4 is 10.6 Å². The van der Waals surface area contributed by atoms with Crippen LogP contribution in [0.25, 0.3) is 0 Å². The van der Waals surface area contributed by atoms with Crippen LogP contribution in [0.3, 0.4) is 0 Å². The van der Waals surface area contributed by atoms with Crippen molar-refractivity contribution in [3.05, 3.63) is 65.2 Å². The zero-order chi connectivity index (χ0) is 17.5. The van der Waals surface area contributed by atoms with Crippen LogP contribution in [0, 0.1) is 0 Å². The molecule has 0 atom stereocenters. The molecule has 2 aromatic rings. The number of carboxylic acids is 1. The van der Waals surface area contributed by atoms with Gasteiger partial charge in [-0.1, -0.05) is 31.2 Å². The molecule has 0 radical (unpaired) electrons. The molecule has 0 spiro atoms. The molecule has 3 N–H and O–H groups in total. The lowest BCUT2D eigenvalue weighted by atomic mass is 10.1. The molecule has 5 nitrogen and oxygen atoms in total. The Balaban J connectivity index is 1.92. The van der Waals surface area contributed by atoms with Crippen LogP contribution in [-0.2, 0) is 17.6 Å². The van der Waals surface area contributed by atoms with E-state index in [4.69, 9.17) is 17.3 Å². The number of thiocarbonyl (C=S) groups is 1. The predicted molar refractivity (Wildman–Crippen MR) is 97.3 cm³/mol. The molecule has 2 rings (SSSR count). The normalized spacial score (nSPS) is 10.0. The Hall–Kier alpha value is -2.73. The summed E-state index contributed by atoms with van der Waals surface area (Å²) >= 11 is 5.13. The molecule has 0 aliphatic heterocycles. The Morgan fingerprint density at radius 1 is 1.00 bits per heavy atom. The van der Waals surface area contributed by atoms with E-state index in [1.165, 1.54) is 0 Å². The topological polar surface area (TPSA) is 78.4 Å². The molecule has 0 bridgehead atoms. The van der Waals surface area contributed by atoms with Gasteiger partial charge in [0.2, 0.25) is 0 Å². The van der Waals surface area contributed by atoms with Crippen molar-refractivity contribution < 1.29 is 14.7 Å². The Morgan fingerprint density at radius 2 is 1.58 bits per heavy atom. The first-order valence-electron chi connectivity index (χ1n) is 7.50. The van der Waals surface area contributed by atoms with E-state index in [-0.39, 0.29) is 17.4 Å². The van der Waals surface area contributed by atoms with E-state index in [0.29, 0.717) is 16.8 Å². The minimum atomic E-state index is -0.882. The van der Waals surface area contributed by atoms with Crippen LogP contribution >= 0.6 is 12.2 Å². The molecule has 0 heterocycles. The number of hydrogen-bond acceptors (Lipinski definition) is 3. The highest BCUT2D eigenvalue weighted by Gasteiger charge is 2.08. The average Bonchev–Trinajstić information content (AvgIpc) is 2.56. The lowest BCUT2D eigenvalue weighted by Crippen LogP contribution is -2.34. The summed E-state index contributed by atoms with van der Waals surface area (Å²) in [5, 5.41) is 14.4. The molecule has 1 amide bonds. The second-order valence-electron chi connectivity index (χ2n) is 5.23. The highest BCUT2D eigenvalue weighted by molar-refractivity contribution is 7.80. The molecule has 0 aliphatic carbocycles. The first-order chi connectivity index (χ1) is 11.5. The van der Waals surface area contributed by atoms with Crippen LogP contribution in [0.4, 0.5) is 5.69 Å². The van der Waals surface area contributed by atoms with Gasteiger partial charge in [-0.25, -0.2) is 0 Å². The third-order valence-electron chi connectivity index (χ3n) is 3.42. The molecule has 0 fully saturated rings. The molecular weight excluding hydrogens is 324 g/mol. The van der Waals surface area contributed by atoms with E-state index in [1.807, 2.05) is 12.1 Å². The van der Waals surface area contributed by atoms with Crippen molar-refractivity contribution in [2.45, 2.75) is 19.8 Å². The molecule has 2 aromatic carbocycles. The first kappa shape index (κ1) is 17.6. The van der Waals surface area contributed by atoms with Crippen molar-refractivity contribution in [2.24, 2.45) is 0 Å². The van der Waals surface area contributed by atoms with Gasteiger partial charge >= 0.3 is 5.97 Å². The summed E-state index contributed by atoms with van der Waals surface area (Å²) in [5.74, 6) is -1.16. The standard InChI is InChI=1S/C18H18N2O3S/c1-2-12-3-7-14(8-4-12)17(23)20-18(24)19-15-9-5-13(6-10-15)11-16(21)22/h3-10H,2,11H2,1H3,(H,21,22)(H2,19,20,23,24). The second kappa shape index (κ2) is 8.21. The van der Waals surface area contributed by atoms with E-state index in [0.717, 1.165) is 12.0 Å². The number of carbonyl (C=O) groups excluding carboxylic acids is 1. The number of carboxylic acid groups (broad SMARTS) is 1. The van der Waals surface area contributed by atoms with Crippen molar-refractivity contribution in [3.63, 3.8) is 0 Å². The van der Waals surface area contributed by atoms with Gasteiger partial charge in [-0.2, -0.15) is 0 Å². The van der Waals surface area contributed by atoms with Gasteiger partial charge in [0.05, 0.1) is 6.42 Å². The highest BCUT2D eigenvalue weighted by Crippen LogP contribution is 2.10. The van der Waals surface area contributed by atoms with Gasteiger partial charge in [0, 0.05) is 11.3 Å². The Morgan fingerprint density at radius 3 is 2.12 bits per heavy atom. The number of benzene rings is 2. The number of rotatable bonds is 5. The summed E-state index contributed by atoms with van der Waals surface area (Å²) in [4.78, 5) is 22.8. The van der Waals surface area contributed by atoms with E-state index in [2.05, 4.69) is 17.6 Å². The van der Waals surface area contributed by atoms with Gasteiger partial charge in [-0.3, -0.25) is 14.9 Å². The third kappa shape index (κ3) is 5.17. The molecule has 0 unspecified atom stereocenters. The molecule has 6 heteroatoms. The predicted octanol–water partition coefficient (Wildman–Crippen LogP) is 3.00. The average molecular weight is 342 g/mol. The lowest BCUT2D eigenvalue weighted by molar-refractivity contribution is -0.136. The Labute approximate surface area is 145 Å². The Bertz CT molecular complexity index is 740. The molecule has 0 aromatic heterocycles. The highest BCUT2D eigenvalue weighted by atomic mass is 32.1. The summed E-state index contributed by atoms with van der Waals surface area (Å²) in [5.41, 5.74) is 3.07. The zero-order valence-electron chi connectivity index (χ0n) is 13.2. The lowest BCUT2D eigenvalue weighted by Gasteiger charge is -2.10. The van der Waals surface area contributed by atoms with Crippen molar-refractivity contribution in [3.8, 4) is 0 Å². The van der Waals surface area contributed by atoms with Gasteiger partial charge in [-0.15, -0.1) is 0 Å². The van der Waals surface area contributed by atoms with E-state index >= 15 is 0 Å². The maximum atomic E-state index is 12.1. The number of amides is 1. The van der Waals surface area contributed by atoms with Crippen LogP contribution in [0.2, 0.25) is 0 Å². The summed E-state index contributed by atoms with van der Waals surface area (Å²) in [6, 6.07) is 14.2. The minimum Gasteiger partial charge on any atom is -0.481 e. The van der Waals surface area contributed by atoms with Gasteiger partial charge in [0.1, 0.15) is 0 Å². The summed E-state index contributed by atoms with van der Waals surface area (Å²) in [7, 11) is 0. The van der Waals surface area contributed by atoms with E-state index in [9.17, 15) is 9.59 Å². The molecule has 0 saturated heterocycles. The fourth-order valence-corrected chi connectivity index (χ4v) is 2.32. The maximum absolute atomic E-state index is 12.1. The number of aryl methyl sites for hydroxylation is 1. The second-order valence-corrected chi connectivity index (χ2v) is 5.63. The number of hydrogen-bond donors (Lipinski definition) is 3. The maximum Gasteiger partial charge on any atom is 0.307 e. The SMILES string of the molecule is CCc1ccc(C(=O)NC(=S)Nc2ccc(CC(=O)O)cc2)cc1. The quantitative estimate of drug-likeness (QED) is 0.728. The van der Waals surface area contributed by atoms with E-state index in [1.54, 1.807) is 36.4 Å². The van der Waals surface area contributed by atoms with Gasteiger partial charge in [-0.05, 0) is 54.0 Å². The Kier molecular flexibility index (Phi) is 6.03. The van der Waals surface area contributed by atoms with Crippen LogP contribution in [0.5, 0.6) is 0 Å².